The van der Waals surface area contributed by atoms with Crippen molar-refractivity contribution in [3.63, 3.8) is 0 Å². The number of alkyl halides is 2. The van der Waals surface area contributed by atoms with Gasteiger partial charge in [-0.15, -0.1) is 11.3 Å². The number of hydrogen-bond donors (Lipinski definition) is 3. The minimum Gasteiger partial charge on any atom is -0.481 e. The number of aromatic nitrogens is 1. The molecule has 0 radical (unpaired) electrons. The van der Waals surface area contributed by atoms with E-state index in [4.69, 9.17) is 9.73 Å². The number of aliphatic imine (C=N–C) groups is 1. The number of nitrogens with one attached hydrogen (secondary N) is 2. The molecule has 1 saturated carbocycles. The van der Waals surface area contributed by atoms with Gasteiger partial charge in [0.1, 0.15) is 11.9 Å². The summed E-state index contributed by atoms with van der Waals surface area (Å²) in [5.74, 6) is -4.18. The second-order valence-electron chi connectivity index (χ2n) is 12.2. The topological polar surface area (TPSA) is 116 Å². The number of carbonyl (C=O) groups is 2. The Balaban J connectivity index is 1.39. The molecule has 9 nitrogen and oxygen atoms in total. The van der Waals surface area contributed by atoms with E-state index in [9.17, 15) is 27.9 Å². The molecule has 2 fully saturated rings. The van der Waals surface area contributed by atoms with E-state index in [1.165, 1.54) is 17.4 Å². The molecule has 0 amide bonds. The highest BCUT2D eigenvalue weighted by molar-refractivity contribution is 7.11. The maximum Gasteiger partial charge on any atom is 0.338 e. The predicted molar refractivity (Wildman–Crippen MR) is 160 cm³/mol. The lowest BCUT2D eigenvalue weighted by Gasteiger charge is -2.42. The quantitative estimate of drug-likeness (QED) is 0.228. The monoisotopic (exact) mass is 633 g/mol. The summed E-state index contributed by atoms with van der Waals surface area (Å²) in [6, 6.07) is 3.19. The number of halogens is 3. The molecule has 2 atom stereocenters. The van der Waals surface area contributed by atoms with Gasteiger partial charge in [-0.3, -0.25) is 14.7 Å². The highest BCUT2D eigenvalue weighted by Gasteiger charge is 2.47. The minimum atomic E-state index is -2.91. The molecule has 3 aliphatic rings. The molecule has 1 aromatic carbocycles. The first kappa shape index (κ1) is 32.1. The van der Waals surface area contributed by atoms with E-state index in [1.54, 1.807) is 49.4 Å². The molecule has 1 saturated heterocycles. The number of carboxylic acid groups (broad SMARTS) is 1. The van der Waals surface area contributed by atoms with Crippen LogP contribution in [0.3, 0.4) is 0 Å². The van der Waals surface area contributed by atoms with E-state index in [0.717, 1.165) is 0 Å². The van der Waals surface area contributed by atoms with Gasteiger partial charge in [0.15, 0.2) is 10.8 Å². The van der Waals surface area contributed by atoms with Gasteiger partial charge in [-0.25, -0.2) is 22.9 Å². The molecule has 3 heterocycles. The van der Waals surface area contributed by atoms with Crippen LogP contribution in [-0.4, -0.2) is 77.5 Å². The zero-order valence-corrected chi connectivity index (χ0v) is 25.9. The summed E-state index contributed by atoms with van der Waals surface area (Å²) in [7, 11) is 0. The molecule has 5 rings (SSSR count). The van der Waals surface area contributed by atoms with Crippen LogP contribution in [0.4, 0.5) is 13.2 Å². The van der Waals surface area contributed by atoms with Gasteiger partial charge in [-0.1, -0.05) is 12.1 Å². The summed E-state index contributed by atoms with van der Waals surface area (Å²) < 4.78 is 49.8. The minimum absolute atomic E-state index is 0.00323. The lowest BCUT2D eigenvalue weighted by Crippen LogP contribution is -2.45. The van der Waals surface area contributed by atoms with E-state index in [0.29, 0.717) is 60.0 Å². The Morgan fingerprint density at radius 3 is 2.73 bits per heavy atom. The number of rotatable bonds is 12. The molecule has 0 bridgehead atoms. The van der Waals surface area contributed by atoms with Crippen LogP contribution in [0.25, 0.3) is 0 Å². The van der Waals surface area contributed by atoms with Gasteiger partial charge >= 0.3 is 11.9 Å². The van der Waals surface area contributed by atoms with Crippen LogP contribution in [0.1, 0.15) is 61.7 Å². The fraction of sp³-hybridized carbons (Fsp3) is 0.548. The standard InChI is InChI=1S/C31H38F3N5O4S/c1-4-43-28(40)24-23(37-26(27-36-10-11-44-27)38-25(24)21-6-5-7-22(32)18(21)2)16-39-17-31(33,34)14-20(39)8-9-35-15-19-12-30(3,13-19)29(41)42/h5-7,10-11,19-20,25,35H,4,8-9,12-17H2,1-3H3,(H,37,38)(H,41,42)/t19-,20-,25-,30-/m0/s1. The third kappa shape index (κ3) is 6.84. The Morgan fingerprint density at radius 2 is 2.05 bits per heavy atom. The van der Waals surface area contributed by atoms with Crippen molar-refractivity contribution in [3.05, 3.63) is 63.0 Å². The maximum atomic E-state index is 14.9. The van der Waals surface area contributed by atoms with Crippen LogP contribution < -0.4 is 10.6 Å². The molecule has 1 aromatic heterocycles. The van der Waals surface area contributed by atoms with E-state index in [1.807, 2.05) is 0 Å². The second-order valence-corrected chi connectivity index (χ2v) is 13.1. The number of hydrogen-bond acceptors (Lipinski definition) is 9. The van der Waals surface area contributed by atoms with Crippen molar-refractivity contribution in [2.75, 3.05) is 32.8 Å². The molecule has 238 valence electrons. The fourth-order valence-electron chi connectivity index (χ4n) is 6.51. The van der Waals surface area contributed by atoms with Crippen LogP contribution in [0.15, 0.2) is 46.0 Å². The Kier molecular flexibility index (Phi) is 9.47. The van der Waals surface area contributed by atoms with Crippen LogP contribution in [0.5, 0.6) is 0 Å². The number of benzene rings is 1. The van der Waals surface area contributed by atoms with Gasteiger partial charge in [0, 0.05) is 36.3 Å². The lowest BCUT2D eigenvalue weighted by atomic mass is 9.63. The summed E-state index contributed by atoms with van der Waals surface area (Å²) in [6.45, 7) is 5.78. The lowest BCUT2D eigenvalue weighted by molar-refractivity contribution is -0.156. The smallest absolute Gasteiger partial charge is 0.338 e. The van der Waals surface area contributed by atoms with Gasteiger partial charge in [-0.2, -0.15) is 0 Å². The van der Waals surface area contributed by atoms with Crippen molar-refractivity contribution < 1.29 is 32.6 Å². The van der Waals surface area contributed by atoms with E-state index in [2.05, 4.69) is 15.6 Å². The average Bonchev–Trinajstić information content (AvgIpc) is 3.58. The number of amidine groups is 1. The van der Waals surface area contributed by atoms with Crippen molar-refractivity contribution in [1.82, 2.24) is 20.5 Å². The molecular weight excluding hydrogens is 595 g/mol. The van der Waals surface area contributed by atoms with Gasteiger partial charge in [0.05, 0.1) is 24.1 Å². The SMILES string of the molecule is CCOC(=O)C1=C(CN2CC(F)(F)C[C@@H]2CCNC[C@H]2C[C@](C)(C(=O)O)C2)NC(c2nccs2)=N[C@H]1c1cccc(F)c1C. The summed E-state index contributed by atoms with van der Waals surface area (Å²) in [5, 5.41) is 18.2. The number of esters is 1. The highest BCUT2D eigenvalue weighted by atomic mass is 32.1. The molecule has 0 spiro atoms. The van der Waals surface area contributed by atoms with E-state index < -0.39 is 47.7 Å². The van der Waals surface area contributed by atoms with Gasteiger partial charge in [0.25, 0.3) is 5.92 Å². The van der Waals surface area contributed by atoms with E-state index in [-0.39, 0.29) is 31.1 Å². The van der Waals surface area contributed by atoms with Crippen LogP contribution in [0, 0.1) is 24.1 Å². The number of carbonyl (C=O) groups excluding carboxylic acids is 1. The fourth-order valence-corrected chi connectivity index (χ4v) is 7.10. The van der Waals surface area contributed by atoms with Gasteiger partial charge in [0.2, 0.25) is 0 Å². The summed E-state index contributed by atoms with van der Waals surface area (Å²) >= 11 is 1.33. The zero-order valence-electron chi connectivity index (χ0n) is 25.0. The molecule has 13 heteroatoms. The number of thiazole rings is 1. The van der Waals surface area contributed by atoms with Crippen molar-refractivity contribution in [3.8, 4) is 0 Å². The molecule has 44 heavy (non-hydrogen) atoms. The number of carboxylic acids is 1. The van der Waals surface area contributed by atoms with Crippen molar-refractivity contribution in [1.29, 1.82) is 0 Å². The number of ether oxygens (including phenoxy) is 1. The maximum absolute atomic E-state index is 14.9. The Morgan fingerprint density at radius 1 is 1.27 bits per heavy atom. The molecule has 1 aliphatic carbocycles. The Labute approximate surface area is 258 Å². The van der Waals surface area contributed by atoms with Crippen LogP contribution in [-0.2, 0) is 14.3 Å². The summed E-state index contributed by atoms with van der Waals surface area (Å²) in [4.78, 5) is 35.6. The van der Waals surface area contributed by atoms with Gasteiger partial charge in [-0.05, 0) is 76.2 Å². The highest BCUT2D eigenvalue weighted by Crippen LogP contribution is 2.45. The number of nitrogens with zero attached hydrogens (tertiary/aromatic N) is 3. The third-order valence-electron chi connectivity index (χ3n) is 8.79. The first-order chi connectivity index (χ1) is 20.9. The Hall–Kier alpha value is -3.29. The van der Waals surface area contributed by atoms with Crippen LogP contribution >= 0.6 is 11.3 Å². The van der Waals surface area contributed by atoms with E-state index >= 15 is 0 Å². The Bertz CT molecular complexity index is 1440. The number of likely N-dealkylation sites (tertiary alicyclic amines) is 1. The molecule has 0 unspecified atom stereocenters. The first-order valence-corrected chi connectivity index (χ1v) is 15.7. The largest absolute Gasteiger partial charge is 0.481 e. The van der Waals surface area contributed by atoms with Crippen molar-refractivity contribution in [2.24, 2.45) is 16.3 Å². The normalized spacial score (nSPS) is 26.6. The summed E-state index contributed by atoms with van der Waals surface area (Å²) in [5.41, 5.74) is 0.643. The molecule has 2 aromatic rings. The summed E-state index contributed by atoms with van der Waals surface area (Å²) in [6.07, 6.45) is 2.92. The molecule has 2 aliphatic heterocycles. The average molecular weight is 634 g/mol. The first-order valence-electron chi connectivity index (χ1n) is 14.9. The van der Waals surface area contributed by atoms with Crippen molar-refractivity contribution >= 4 is 29.1 Å². The molecular formula is C31H38F3N5O4S. The van der Waals surface area contributed by atoms with Crippen molar-refractivity contribution in [2.45, 2.75) is 64.5 Å². The molecule has 3 N–H and O–H groups in total. The van der Waals surface area contributed by atoms with Crippen LogP contribution in [0.2, 0.25) is 0 Å². The zero-order chi connectivity index (χ0) is 31.6. The predicted octanol–water partition coefficient (Wildman–Crippen LogP) is 4.69. The number of aliphatic carboxylic acids is 1. The third-order valence-corrected chi connectivity index (χ3v) is 9.57. The van der Waals surface area contributed by atoms with Gasteiger partial charge < -0.3 is 20.5 Å². The second kappa shape index (κ2) is 13.0.